The molecule has 0 bridgehead atoms. The lowest BCUT2D eigenvalue weighted by molar-refractivity contribution is 0.0686. The van der Waals surface area contributed by atoms with Crippen molar-refractivity contribution in [3.63, 3.8) is 0 Å². The third-order valence-electron chi connectivity index (χ3n) is 13.4. The lowest BCUT2D eigenvalue weighted by atomic mass is 9.30. The molecule has 0 saturated carbocycles. The van der Waals surface area contributed by atoms with Gasteiger partial charge in [0.05, 0.1) is 11.1 Å². The van der Waals surface area contributed by atoms with Gasteiger partial charge >= 0.3 is 11.9 Å². The number of carboxylic acid groups (broad SMARTS) is 2. The summed E-state index contributed by atoms with van der Waals surface area (Å²) in [5.74, 6) is -0.193. The van der Waals surface area contributed by atoms with Crippen LogP contribution in [0.5, 0.6) is 0 Å². The second-order valence-corrected chi connectivity index (χ2v) is 17.4. The Labute approximate surface area is 399 Å². The van der Waals surface area contributed by atoms with E-state index in [-0.39, 0.29) is 24.6 Å². The van der Waals surface area contributed by atoms with Gasteiger partial charge in [-0.1, -0.05) is 193 Å². The van der Waals surface area contributed by atoms with Gasteiger partial charge in [-0.25, -0.2) is 24.5 Å². The molecular formula is C59H38B2N4O4. The highest BCUT2D eigenvalue weighted by Crippen LogP contribution is 2.39. The number of anilines is 3. The van der Waals surface area contributed by atoms with Crippen molar-refractivity contribution in [1.29, 1.82) is 0 Å². The molecule has 0 spiro atoms. The van der Waals surface area contributed by atoms with Crippen LogP contribution in [0.15, 0.2) is 218 Å². The molecular weight excluding hydrogens is 850 g/mol. The zero-order chi connectivity index (χ0) is 46.6. The zero-order valence-corrected chi connectivity index (χ0v) is 36.9. The number of benzene rings is 9. The van der Waals surface area contributed by atoms with Crippen LogP contribution in [-0.2, 0) is 0 Å². The van der Waals surface area contributed by atoms with Gasteiger partial charge in [0, 0.05) is 33.8 Å². The Balaban J connectivity index is 1.09. The van der Waals surface area contributed by atoms with Crippen LogP contribution in [0, 0.1) is 0 Å². The molecule has 2 N–H and O–H groups in total. The van der Waals surface area contributed by atoms with E-state index in [0.717, 1.165) is 88.8 Å². The van der Waals surface area contributed by atoms with Gasteiger partial charge in [0.15, 0.2) is 17.5 Å². The van der Waals surface area contributed by atoms with Crippen molar-refractivity contribution in [2.45, 2.75) is 0 Å². The van der Waals surface area contributed by atoms with Gasteiger partial charge in [0.25, 0.3) is 0 Å². The monoisotopic (exact) mass is 888 g/mol. The number of carboxylic acids is 2. The fourth-order valence-corrected chi connectivity index (χ4v) is 10.1. The first-order valence-corrected chi connectivity index (χ1v) is 22.8. The maximum atomic E-state index is 11.7. The molecule has 0 radical (unpaired) electrons. The van der Waals surface area contributed by atoms with Crippen LogP contribution < -0.4 is 37.7 Å². The molecule has 2 aliphatic heterocycles. The van der Waals surface area contributed by atoms with Gasteiger partial charge in [0.1, 0.15) is 0 Å². The van der Waals surface area contributed by atoms with Gasteiger partial charge in [0.2, 0.25) is 13.4 Å². The highest BCUT2D eigenvalue weighted by Gasteiger charge is 2.43. The fourth-order valence-electron chi connectivity index (χ4n) is 10.1. The van der Waals surface area contributed by atoms with Crippen molar-refractivity contribution in [3.05, 3.63) is 230 Å². The SMILES string of the molecule is O=C(O)c1ccc(-c2ccc(B3c4ccccc4N4c5ccccc5B(c5ccc(-c6ccc(C(=O)O)cc6)cc5)c5cc(-c6nc(-c7ccccc7)nc(-c7ccccc7)n6)cc3c54)cc2)cc1. The third kappa shape index (κ3) is 7.35. The van der Waals surface area contributed by atoms with E-state index < -0.39 is 11.9 Å². The molecule has 0 fully saturated rings. The largest absolute Gasteiger partial charge is 0.478 e. The summed E-state index contributed by atoms with van der Waals surface area (Å²) in [6.45, 7) is -0.388. The van der Waals surface area contributed by atoms with Crippen molar-refractivity contribution in [2.75, 3.05) is 4.90 Å². The maximum absolute atomic E-state index is 11.7. The number of carbonyl (C=O) groups is 2. The average Bonchev–Trinajstić information content (AvgIpc) is 3.41. The van der Waals surface area contributed by atoms with E-state index in [1.54, 1.807) is 24.3 Å². The molecule has 1 aromatic heterocycles. The molecule has 10 aromatic rings. The molecule has 324 valence electrons. The van der Waals surface area contributed by atoms with E-state index in [1.807, 2.05) is 84.9 Å². The number of fused-ring (bicyclic) bond motifs is 4. The molecule has 69 heavy (non-hydrogen) atoms. The summed E-state index contributed by atoms with van der Waals surface area (Å²) in [6, 6.07) is 73.2. The van der Waals surface area contributed by atoms with E-state index in [0.29, 0.717) is 17.5 Å². The normalized spacial score (nSPS) is 12.2. The molecule has 0 unspecified atom stereocenters. The molecule has 0 amide bonds. The van der Waals surface area contributed by atoms with Gasteiger partial charge in [-0.2, -0.15) is 0 Å². The molecule has 3 heterocycles. The first kappa shape index (κ1) is 41.3. The number of hydrogen-bond donors (Lipinski definition) is 2. The number of para-hydroxylation sites is 2. The van der Waals surface area contributed by atoms with Crippen LogP contribution in [0.25, 0.3) is 56.4 Å². The molecule has 10 heteroatoms. The Morgan fingerprint density at radius 3 is 1.06 bits per heavy atom. The Kier molecular flexibility index (Phi) is 10.1. The van der Waals surface area contributed by atoms with E-state index in [9.17, 15) is 19.8 Å². The highest BCUT2D eigenvalue weighted by atomic mass is 16.4. The molecule has 2 aliphatic rings. The Hall–Kier alpha value is -9.14. The van der Waals surface area contributed by atoms with Gasteiger partial charge < -0.3 is 15.1 Å². The summed E-state index contributed by atoms with van der Waals surface area (Å²) in [7, 11) is 0. The molecule has 0 atom stereocenters. The summed E-state index contributed by atoms with van der Waals surface area (Å²) in [4.78, 5) is 41.3. The Morgan fingerprint density at radius 1 is 0.348 bits per heavy atom. The highest BCUT2D eigenvalue weighted by molar-refractivity contribution is 7.02. The first-order valence-electron chi connectivity index (χ1n) is 22.8. The van der Waals surface area contributed by atoms with E-state index in [2.05, 4.69) is 114 Å². The topological polar surface area (TPSA) is 117 Å². The molecule has 9 aromatic carbocycles. The maximum Gasteiger partial charge on any atom is 0.335 e. The predicted octanol–water partition coefficient (Wildman–Crippen LogP) is 8.73. The summed E-state index contributed by atoms with van der Waals surface area (Å²) < 4.78 is 0. The molecule has 8 nitrogen and oxygen atoms in total. The fraction of sp³-hybridized carbons (Fsp3) is 0. The lowest BCUT2D eigenvalue weighted by Crippen LogP contribution is -2.65. The van der Waals surface area contributed by atoms with Gasteiger partial charge in [-0.15, -0.1) is 0 Å². The minimum atomic E-state index is -0.955. The Bertz CT molecular complexity index is 3380. The van der Waals surface area contributed by atoms with E-state index in [1.165, 1.54) is 0 Å². The number of aromatic nitrogens is 3. The van der Waals surface area contributed by atoms with Gasteiger partial charge in [-0.3, -0.25) is 0 Å². The predicted molar refractivity (Wildman–Crippen MR) is 278 cm³/mol. The quantitative estimate of drug-likeness (QED) is 0.138. The summed E-state index contributed by atoms with van der Waals surface area (Å²) in [5, 5.41) is 19.1. The summed E-state index contributed by atoms with van der Waals surface area (Å²) in [6.07, 6.45) is 0. The Morgan fingerprint density at radius 2 is 0.681 bits per heavy atom. The number of nitrogens with zero attached hydrogens (tertiary/aromatic N) is 4. The second kappa shape index (κ2) is 16.9. The van der Waals surface area contributed by atoms with Crippen molar-refractivity contribution in [1.82, 2.24) is 15.0 Å². The number of aromatic carboxylic acids is 2. The van der Waals surface area contributed by atoms with Crippen LogP contribution in [-0.4, -0.2) is 50.5 Å². The first-order chi connectivity index (χ1) is 33.9. The standard InChI is InChI=1S/C59H38B2N4O4/c66-58(67)43-23-19-37(20-24-43)39-27-31-46(32-28-39)60-48-15-7-9-17-52(48)65-53-18-10-8-16-49(53)61(47-33-29-40(30-34-47)38-21-25-44(26-22-38)59(68)69)51-36-45(35-50(60)54(51)65)57-63-55(41-11-3-1-4-12-41)62-56(64-57)42-13-5-2-6-14-42/h1-36H,(H,66,67)(H,68,69). The van der Waals surface area contributed by atoms with E-state index >= 15 is 0 Å². The van der Waals surface area contributed by atoms with Crippen LogP contribution in [0.2, 0.25) is 0 Å². The van der Waals surface area contributed by atoms with Crippen molar-refractivity contribution in [3.8, 4) is 56.4 Å². The van der Waals surface area contributed by atoms with Crippen molar-refractivity contribution in [2.24, 2.45) is 0 Å². The molecule has 0 aliphatic carbocycles. The van der Waals surface area contributed by atoms with E-state index in [4.69, 9.17) is 15.0 Å². The summed E-state index contributed by atoms with van der Waals surface area (Å²) >= 11 is 0. The number of hydrogen-bond acceptors (Lipinski definition) is 6. The van der Waals surface area contributed by atoms with Crippen LogP contribution in [0.4, 0.5) is 17.1 Å². The molecule has 12 rings (SSSR count). The molecule has 0 saturated heterocycles. The lowest BCUT2D eigenvalue weighted by Gasteiger charge is -2.44. The minimum Gasteiger partial charge on any atom is -0.478 e. The third-order valence-corrected chi connectivity index (χ3v) is 13.4. The number of rotatable bonds is 9. The minimum absolute atomic E-state index is 0.194. The van der Waals surface area contributed by atoms with Crippen molar-refractivity contribution < 1.29 is 19.8 Å². The zero-order valence-electron chi connectivity index (χ0n) is 36.9. The second-order valence-electron chi connectivity index (χ2n) is 17.4. The van der Waals surface area contributed by atoms with Crippen LogP contribution >= 0.6 is 0 Å². The van der Waals surface area contributed by atoms with Crippen LogP contribution in [0.1, 0.15) is 20.7 Å². The van der Waals surface area contributed by atoms with Crippen molar-refractivity contribution >= 4 is 75.2 Å². The van der Waals surface area contributed by atoms with Crippen LogP contribution in [0.3, 0.4) is 0 Å². The smallest absolute Gasteiger partial charge is 0.335 e. The van der Waals surface area contributed by atoms with Gasteiger partial charge in [-0.05, 0) is 80.5 Å². The average molecular weight is 889 g/mol. The summed E-state index contributed by atoms with van der Waals surface area (Å²) in [5.41, 5.74) is 17.0.